The van der Waals surface area contributed by atoms with E-state index >= 15 is 0 Å². The van der Waals surface area contributed by atoms with Gasteiger partial charge in [-0.1, -0.05) is 18.2 Å². The third kappa shape index (κ3) is 3.18. The predicted octanol–water partition coefficient (Wildman–Crippen LogP) is 3.40. The Hall–Kier alpha value is -0.860. The van der Waals surface area contributed by atoms with Crippen LogP contribution < -0.4 is 5.32 Å². The maximum atomic E-state index is 5.67. The zero-order valence-electron chi connectivity index (χ0n) is 12.0. The summed E-state index contributed by atoms with van der Waals surface area (Å²) in [5, 5.41) is 3.62. The number of rotatable bonds is 4. The van der Waals surface area contributed by atoms with E-state index < -0.39 is 0 Å². The van der Waals surface area contributed by atoms with Gasteiger partial charge in [0.05, 0.1) is 6.10 Å². The molecule has 2 unspecified atom stereocenters. The summed E-state index contributed by atoms with van der Waals surface area (Å²) in [7, 11) is 0. The Morgan fingerprint density at radius 2 is 2.05 bits per heavy atom. The van der Waals surface area contributed by atoms with Crippen LogP contribution in [0, 0.1) is 0 Å². The average molecular weight is 259 g/mol. The minimum atomic E-state index is 0.427. The molecule has 104 valence electrons. The second-order valence-electron chi connectivity index (χ2n) is 6.00. The molecule has 1 fully saturated rings. The molecule has 2 aliphatic rings. The van der Waals surface area contributed by atoms with Crippen molar-refractivity contribution >= 4 is 0 Å². The first-order valence-corrected chi connectivity index (χ1v) is 7.79. The number of nitrogens with one attached hydrogen (secondary N) is 1. The molecule has 0 bridgehead atoms. The van der Waals surface area contributed by atoms with E-state index in [9.17, 15) is 0 Å². The van der Waals surface area contributed by atoms with Crippen molar-refractivity contribution in [3.05, 3.63) is 34.9 Å². The van der Waals surface area contributed by atoms with Crippen molar-refractivity contribution in [1.82, 2.24) is 5.32 Å². The van der Waals surface area contributed by atoms with E-state index in [4.69, 9.17) is 4.74 Å². The van der Waals surface area contributed by atoms with E-state index in [-0.39, 0.29) is 0 Å². The molecule has 1 heterocycles. The van der Waals surface area contributed by atoms with Crippen LogP contribution in [0.3, 0.4) is 0 Å². The SMILES string of the molecule is CC(NCC1CCCO1)c1ccc2c(c1)CCCC2. The molecule has 1 saturated heterocycles. The molecule has 0 saturated carbocycles. The smallest absolute Gasteiger partial charge is 0.0700 e. The highest BCUT2D eigenvalue weighted by Crippen LogP contribution is 2.25. The van der Waals surface area contributed by atoms with Crippen molar-refractivity contribution in [2.45, 2.75) is 57.6 Å². The number of hydrogen-bond acceptors (Lipinski definition) is 2. The average Bonchev–Trinajstić information content (AvgIpc) is 2.97. The highest BCUT2D eigenvalue weighted by atomic mass is 16.5. The summed E-state index contributed by atoms with van der Waals surface area (Å²) in [5.74, 6) is 0. The van der Waals surface area contributed by atoms with E-state index in [2.05, 4.69) is 30.4 Å². The first-order valence-electron chi connectivity index (χ1n) is 7.79. The zero-order valence-corrected chi connectivity index (χ0v) is 12.0. The standard InChI is InChI=1S/C17H25NO/c1-13(18-12-17-7-4-10-19-17)15-9-8-14-5-2-3-6-16(14)11-15/h8-9,11,13,17-18H,2-7,10,12H2,1H3. The number of hydrogen-bond donors (Lipinski definition) is 1. The van der Waals surface area contributed by atoms with Gasteiger partial charge in [0.1, 0.15) is 0 Å². The van der Waals surface area contributed by atoms with E-state index in [0.717, 1.165) is 13.2 Å². The largest absolute Gasteiger partial charge is 0.377 e. The summed E-state index contributed by atoms with van der Waals surface area (Å²) in [4.78, 5) is 0. The second-order valence-corrected chi connectivity index (χ2v) is 6.00. The lowest BCUT2D eigenvalue weighted by Gasteiger charge is -2.21. The lowest BCUT2D eigenvalue weighted by molar-refractivity contribution is 0.108. The molecule has 1 aliphatic carbocycles. The molecule has 1 aromatic rings. The number of benzene rings is 1. The maximum Gasteiger partial charge on any atom is 0.0700 e. The molecular weight excluding hydrogens is 234 g/mol. The maximum absolute atomic E-state index is 5.67. The van der Waals surface area contributed by atoms with Crippen molar-refractivity contribution in [2.24, 2.45) is 0 Å². The molecular formula is C17H25NO. The fourth-order valence-corrected chi connectivity index (χ4v) is 3.25. The molecule has 0 amide bonds. The van der Waals surface area contributed by atoms with Crippen LogP contribution in [0.25, 0.3) is 0 Å². The lowest BCUT2D eigenvalue weighted by Crippen LogP contribution is -2.28. The van der Waals surface area contributed by atoms with Crippen LogP contribution >= 0.6 is 0 Å². The van der Waals surface area contributed by atoms with Gasteiger partial charge in [0.2, 0.25) is 0 Å². The molecule has 2 nitrogen and oxygen atoms in total. The van der Waals surface area contributed by atoms with Crippen LogP contribution in [0.1, 0.15) is 55.3 Å². The Morgan fingerprint density at radius 1 is 1.21 bits per heavy atom. The van der Waals surface area contributed by atoms with Gasteiger partial charge in [-0.3, -0.25) is 0 Å². The minimum Gasteiger partial charge on any atom is -0.377 e. The molecule has 0 radical (unpaired) electrons. The molecule has 1 N–H and O–H groups in total. The molecule has 2 atom stereocenters. The Kier molecular flexibility index (Phi) is 4.19. The fraction of sp³-hybridized carbons (Fsp3) is 0.647. The van der Waals surface area contributed by atoms with Gasteiger partial charge in [-0.05, 0) is 62.1 Å². The van der Waals surface area contributed by atoms with Crippen LogP contribution in [0.2, 0.25) is 0 Å². The zero-order chi connectivity index (χ0) is 13.1. The Balaban J connectivity index is 1.60. The first-order chi connectivity index (χ1) is 9.33. The van der Waals surface area contributed by atoms with Gasteiger partial charge < -0.3 is 10.1 Å². The fourth-order valence-electron chi connectivity index (χ4n) is 3.25. The van der Waals surface area contributed by atoms with Gasteiger partial charge in [-0.15, -0.1) is 0 Å². The van der Waals surface area contributed by atoms with E-state index in [1.165, 1.54) is 44.1 Å². The first kappa shape index (κ1) is 13.1. The quantitative estimate of drug-likeness (QED) is 0.895. The van der Waals surface area contributed by atoms with Crippen molar-refractivity contribution in [3.8, 4) is 0 Å². The highest BCUT2D eigenvalue weighted by Gasteiger charge is 2.17. The van der Waals surface area contributed by atoms with Crippen molar-refractivity contribution in [1.29, 1.82) is 0 Å². The summed E-state index contributed by atoms with van der Waals surface area (Å²) in [5.41, 5.74) is 4.58. The van der Waals surface area contributed by atoms with Gasteiger partial charge in [-0.25, -0.2) is 0 Å². The second kappa shape index (κ2) is 6.06. The van der Waals surface area contributed by atoms with E-state index in [1.807, 2.05) is 0 Å². The van der Waals surface area contributed by atoms with Crippen LogP contribution in [-0.2, 0) is 17.6 Å². The molecule has 1 aromatic carbocycles. The third-order valence-electron chi connectivity index (χ3n) is 4.55. The van der Waals surface area contributed by atoms with Gasteiger partial charge in [0.25, 0.3) is 0 Å². The number of fused-ring (bicyclic) bond motifs is 1. The molecule has 3 rings (SSSR count). The normalized spacial score (nSPS) is 24.2. The lowest BCUT2D eigenvalue weighted by atomic mass is 9.89. The summed E-state index contributed by atoms with van der Waals surface area (Å²) < 4.78 is 5.67. The van der Waals surface area contributed by atoms with Crippen molar-refractivity contribution < 1.29 is 4.74 Å². The van der Waals surface area contributed by atoms with Gasteiger partial charge in [0, 0.05) is 19.2 Å². The summed E-state index contributed by atoms with van der Waals surface area (Å²) >= 11 is 0. The van der Waals surface area contributed by atoms with Crippen molar-refractivity contribution in [2.75, 3.05) is 13.2 Å². The van der Waals surface area contributed by atoms with E-state index in [0.29, 0.717) is 12.1 Å². The number of ether oxygens (including phenoxy) is 1. The van der Waals surface area contributed by atoms with Crippen molar-refractivity contribution in [3.63, 3.8) is 0 Å². The van der Waals surface area contributed by atoms with Crippen LogP contribution in [0.15, 0.2) is 18.2 Å². The Morgan fingerprint density at radius 3 is 2.84 bits per heavy atom. The minimum absolute atomic E-state index is 0.427. The molecule has 1 aliphatic heterocycles. The molecule has 19 heavy (non-hydrogen) atoms. The van der Waals surface area contributed by atoms with Gasteiger partial charge in [-0.2, -0.15) is 0 Å². The summed E-state index contributed by atoms with van der Waals surface area (Å²) in [6.45, 7) is 4.19. The third-order valence-corrected chi connectivity index (χ3v) is 4.55. The predicted molar refractivity (Wildman–Crippen MR) is 78.5 cm³/mol. The van der Waals surface area contributed by atoms with Crippen LogP contribution in [0.4, 0.5) is 0 Å². The van der Waals surface area contributed by atoms with E-state index in [1.54, 1.807) is 11.1 Å². The monoisotopic (exact) mass is 259 g/mol. The highest BCUT2D eigenvalue weighted by molar-refractivity contribution is 5.35. The molecule has 0 spiro atoms. The topological polar surface area (TPSA) is 21.3 Å². The van der Waals surface area contributed by atoms with Gasteiger partial charge in [0.15, 0.2) is 0 Å². The Bertz CT molecular complexity index is 423. The molecule has 2 heteroatoms. The number of aryl methyl sites for hydroxylation is 2. The summed E-state index contributed by atoms with van der Waals surface area (Å²) in [6, 6.07) is 7.49. The molecule has 0 aromatic heterocycles. The van der Waals surface area contributed by atoms with Crippen LogP contribution in [-0.4, -0.2) is 19.3 Å². The summed E-state index contributed by atoms with van der Waals surface area (Å²) in [6.07, 6.45) is 8.12. The van der Waals surface area contributed by atoms with Gasteiger partial charge >= 0.3 is 0 Å². The Labute approximate surface area is 116 Å². The van der Waals surface area contributed by atoms with Crippen LogP contribution in [0.5, 0.6) is 0 Å².